The van der Waals surface area contributed by atoms with E-state index in [1.54, 1.807) is 4.90 Å². The molecule has 0 unspecified atom stereocenters. The lowest BCUT2D eigenvalue weighted by Crippen LogP contribution is -2.35. The fraction of sp³-hybridized carbons (Fsp3) is 0.188. The van der Waals surface area contributed by atoms with Gasteiger partial charge in [-0.2, -0.15) is 0 Å². The maximum absolute atomic E-state index is 12.6. The van der Waals surface area contributed by atoms with Crippen LogP contribution in [-0.2, 0) is 6.42 Å². The van der Waals surface area contributed by atoms with Crippen molar-refractivity contribution in [1.29, 1.82) is 0 Å². The van der Waals surface area contributed by atoms with E-state index in [9.17, 15) is 15.0 Å². The van der Waals surface area contributed by atoms with E-state index in [2.05, 4.69) is 0 Å². The molecule has 0 saturated heterocycles. The standard InChI is InChI=1S/C16H16N2O3/c17-14-4-1-5-15-13(14)3-2-6-18(15)16(21)10-7-11(19)9-12(20)8-10/h1,4-5,7-9,19-20H,2-3,6,17H2. The lowest BCUT2D eigenvalue weighted by molar-refractivity contribution is 0.0984. The molecule has 0 radical (unpaired) electrons. The second-order valence-electron chi connectivity index (χ2n) is 5.14. The van der Waals surface area contributed by atoms with Gasteiger partial charge in [0, 0.05) is 29.5 Å². The SMILES string of the molecule is Nc1cccc2c1CCCN2C(=O)c1cc(O)cc(O)c1. The summed E-state index contributed by atoms with van der Waals surface area (Å²) in [6.07, 6.45) is 1.68. The van der Waals surface area contributed by atoms with Gasteiger partial charge in [-0.1, -0.05) is 6.07 Å². The van der Waals surface area contributed by atoms with Crippen LogP contribution in [-0.4, -0.2) is 22.7 Å². The molecule has 1 amide bonds. The molecule has 0 saturated carbocycles. The fourth-order valence-electron chi connectivity index (χ4n) is 2.74. The maximum atomic E-state index is 12.6. The molecular weight excluding hydrogens is 268 g/mol. The monoisotopic (exact) mass is 284 g/mol. The van der Waals surface area contributed by atoms with Crippen LogP contribution in [0, 0.1) is 0 Å². The molecule has 4 N–H and O–H groups in total. The predicted molar refractivity (Wildman–Crippen MR) is 80.6 cm³/mol. The zero-order valence-corrected chi connectivity index (χ0v) is 11.4. The summed E-state index contributed by atoms with van der Waals surface area (Å²) in [6.45, 7) is 0.589. The number of nitrogens with two attached hydrogens (primary N) is 1. The van der Waals surface area contributed by atoms with Crippen molar-refractivity contribution in [3.05, 3.63) is 47.5 Å². The van der Waals surface area contributed by atoms with E-state index in [-0.39, 0.29) is 23.0 Å². The van der Waals surface area contributed by atoms with E-state index in [4.69, 9.17) is 5.73 Å². The molecule has 2 aromatic rings. The molecule has 0 atom stereocenters. The van der Waals surface area contributed by atoms with E-state index in [0.29, 0.717) is 12.2 Å². The number of phenolic OH excluding ortho intramolecular Hbond substituents is 2. The number of hydrogen-bond acceptors (Lipinski definition) is 4. The zero-order chi connectivity index (χ0) is 15.0. The van der Waals surface area contributed by atoms with Crippen LogP contribution >= 0.6 is 0 Å². The number of aromatic hydroxyl groups is 2. The number of nitrogens with zero attached hydrogens (tertiary/aromatic N) is 1. The molecule has 0 fully saturated rings. The third kappa shape index (κ3) is 2.38. The lowest BCUT2D eigenvalue weighted by atomic mass is 9.99. The Hall–Kier alpha value is -2.69. The first-order chi connectivity index (χ1) is 10.1. The minimum absolute atomic E-state index is 0.136. The summed E-state index contributed by atoms with van der Waals surface area (Å²) in [7, 11) is 0. The average Bonchev–Trinajstić information content (AvgIpc) is 2.45. The Morgan fingerprint density at radius 1 is 1.14 bits per heavy atom. The molecule has 1 aliphatic heterocycles. The van der Waals surface area contributed by atoms with Crippen LogP contribution in [0.3, 0.4) is 0 Å². The second kappa shape index (κ2) is 5.01. The summed E-state index contributed by atoms with van der Waals surface area (Å²) in [6, 6.07) is 9.41. The molecule has 3 rings (SSSR count). The van der Waals surface area contributed by atoms with Crippen molar-refractivity contribution in [2.24, 2.45) is 0 Å². The number of fused-ring (bicyclic) bond motifs is 1. The Labute approximate surface area is 122 Å². The largest absolute Gasteiger partial charge is 0.508 e. The van der Waals surface area contributed by atoms with Crippen molar-refractivity contribution < 1.29 is 15.0 Å². The van der Waals surface area contributed by atoms with Crippen LogP contribution in [0.2, 0.25) is 0 Å². The number of phenols is 2. The van der Waals surface area contributed by atoms with Crippen molar-refractivity contribution in [3.63, 3.8) is 0 Å². The van der Waals surface area contributed by atoms with Crippen molar-refractivity contribution in [1.82, 2.24) is 0 Å². The first-order valence-corrected chi connectivity index (χ1v) is 6.78. The summed E-state index contributed by atoms with van der Waals surface area (Å²) >= 11 is 0. The van der Waals surface area contributed by atoms with Gasteiger partial charge in [0.15, 0.2) is 0 Å². The number of rotatable bonds is 1. The Bertz CT molecular complexity index is 692. The summed E-state index contributed by atoms with van der Waals surface area (Å²) in [4.78, 5) is 14.3. The van der Waals surface area contributed by atoms with Gasteiger partial charge < -0.3 is 20.8 Å². The van der Waals surface area contributed by atoms with Gasteiger partial charge >= 0.3 is 0 Å². The molecule has 2 aromatic carbocycles. The molecule has 21 heavy (non-hydrogen) atoms. The number of amides is 1. The van der Waals surface area contributed by atoms with Crippen molar-refractivity contribution in [2.75, 3.05) is 17.2 Å². The van der Waals surface area contributed by atoms with Gasteiger partial charge in [0.05, 0.1) is 0 Å². The predicted octanol–water partition coefficient (Wildman–Crippen LogP) is 2.27. The third-order valence-corrected chi connectivity index (χ3v) is 3.68. The van der Waals surface area contributed by atoms with Crippen LogP contribution < -0.4 is 10.6 Å². The van der Waals surface area contributed by atoms with Gasteiger partial charge in [-0.05, 0) is 42.7 Å². The molecule has 108 valence electrons. The summed E-state index contributed by atoms with van der Waals surface area (Å²) in [5.41, 5.74) is 8.68. The number of carbonyl (C=O) groups excluding carboxylic acids is 1. The normalized spacial score (nSPS) is 13.8. The first-order valence-electron chi connectivity index (χ1n) is 6.78. The highest BCUT2D eigenvalue weighted by Gasteiger charge is 2.25. The highest BCUT2D eigenvalue weighted by Crippen LogP contribution is 2.33. The van der Waals surface area contributed by atoms with Gasteiger partial charge in [-0.25, -0.2) is 0 Å². The minimum Gasteiger partial charge on any atom is -0.508 e. The van der Waals surface area contributed by atoms with E-state index in [0.717, 1.165) is 24.1 Å². The van der Waals surface area contributed by atoms with Crippen molar-refractivity contribution in [3.8, 4) is 11.5 Å². The number of nitrogen functional groups attached to an aromatic ring is 1. The number of benzene rings is 2. The Kier molecular flexibility index (Phi) is 3.17. The van der Waals surface area contributed by atoms with Gasteiger partial charge in [0.25, 0.3) is 5.91 Å². The van der Waals surface area contributed by atoms with Crippen LogP contribution in [0.5, 0.6) is 11.5 Å². The van der Waals surface area contributed by atoms with Crippen molar-refractivity contribution in [2.45, 2.75) is 12.8 Å². The molecule has 0 aromatic heterocycles. The number of carbonyl (C=O) groups is 1. The van der Waals surface area contributed by atoms with Gasteiger partial charge in [0.1, 0.15) is 11.5 Å². The molecule has 0 bridgehead atoms. The Balaban J connectivity index is 2.02. The Morgan fingerprint density at radius 3 is 2.57 bits per heavy atom. The smallest absolute Gasteiger partial charge is 0.258 e. The quantitative estimate of drug-likeness (QED) is 0.701. The van der Waals surface area contributed by atoms with Crippen LogP contribution in [0.15, 0.2) is 36.4 Å². The third-order valence-electron chi connectivity index (χ3n) is 3.68. The van der Waals surface area contributed by atoms with E-state index in [1.165, 1.54) is 18.2 Å². The lowest BCUT2D eigenvalue weighted by Gasteiger charge is -2.30. The molecule has 1 heterocycles. The highest BCUT2D eigenvalue weighted by molar-refractivity contribution is 6.07. The summed E-state index contributed by atoms with van der Waals surface area (Å²) in [5.74, 6) is -0.529. The topological polar surface area (TPSA) is 86.8 Å². The van der Waals surface area contributed by atoms with E-state index >= 15 is 0 Å². The van der Waals surface area contributed by atoms with Gasteiger partial charge in [-0.3, -0.25) is 4.79 Å². The zero-order valence-electron chi connectivity index (χ0n) is 11.4. The average molecular weight is 284 g/mol. The number of hydrogen-bond donors (Lipinski definition) is 3. The maximum Gasteiger partial charge on any atom is 0.258 e. The van der Waals surface area contributed by atoms with Crippen LogP contribution in [0.1, 0.15) is 22.3 Å². The second-order valence-corrected chi connectivity index (χ2v) is 5.14. The molecule has 5 nitrogen and oxygen atoms in total. The molecule has 1 aliphatic rings. The van der Waals surface area contributed by atoms with Crippen LogP contribution in [0.25, 0.3) is 0 Å². The van der Waals surface area contributed by atoms with Gasteiger partial charge in [0.2, 0.25) is 0 Å². The summed E-state index contributed by atoms with van der Waals surface area (Å²) in [5, 5.41) is 19.1. The van der Waals surface area contributed by atoms with E-state index < -0.39 is 0 Å². The molecule has 5 heteroatoms. The first kappa shape index (κ1) is 13.3. The van der Waals surface area contributed by atoms with Gasteiger partial charge in [-0.15, -0.1) is 0 Å². The Morgan fingerprint density at radius 2 is 1.86 bits per heavy atom. The number of anilines is 2. The molecule has 0 aliphatic carbocycles. The van der Waals surface area contributed by atoms with Crippen molar-refractivity contribution >= 4 is 17.3 Å². The minimum atomic E-state index is -0.257. The van der Waals surface area contributed by atoms with Crippen LogP contribution in [0.4, 0.5) is 11.4 Å². The highest BCUT2D eigenvalue weighted by atomic mass is 16.3. The molecule has 0 spiro atoms. The summed E-state index contributed by atoms with van der Waals surface area (Å²) < 4.78 is 0. The molecular formula is C16H16N2O3. The van der Waals surface area contributed by atoms with E-state index in [1.807, 2.05) is 18.2 Å². The fourth-order valence-corrected chi connectivity index (χ4v) is 2.74.